The summed E-state index contributed by atoms with van der Waals surface area (Å²) >= 11 is 0. The fraction of sp³-hybridized carbons (Fsp3) is 0.250. The molecule has 3 aromatic carbocycles. The molecule has 2 unspecified atom stereocenters. The van der Waals surface area contributed by atoms with Crippen LogP contribution in [0.3, 0.4) is 0 Å². The van der Waals surface area contributed by atoms with Crippen molar-refractivity contribution in [2.24, 2.45) is 0 Å². The number of benzene rings is 3. The summed E-state index contributed by atoms with van der Waals surface area (Å²) in [5.74, 6) is 0. The summed E-state index contributed by atoms with van der Waals surface area (Å²) in [6, 6.07) is 31.0. The van der Waals surface area contributed by atoms with Crippen LogP contribution in [0.2, 0.25) is 0 Å². The van der Waals surface area contributed by atoms with Gasteiger partial charge in [-0.2, -0.15) is 0 Å². The molecular weight excluding hydrogens is 316 g/mol. The Morgan fingerprint density at radius 2 is 1.12 bits per heavy atom. The predicted octanol–water partition coefficient (Wildman–Crippen LogP) is 2.18. The topological polar surface area (TPSA) is 8.88 Å². The minimum Gasteiger partial charge on any atom is -0.274 e. The highest BCUT2D eigenvalue weighted by Crippen LogP contribution is 2.10. The van der Waals surface area contributed by atoms with E-state index in [0.717, 1.165) is 13.1 Å². The summed E-state index contributed by atoms with van der Waals surface area (Å²) in [6.45, 7) is 6.79. The first kappa shape index (κ1) is 17.0. The summed E-state index contributed by atoms with van der Waals surface area (Å²) in [6.07, 6.45) is 0.496. The van der Waals surface area contributed by atoms with Crippen LogP contribution in [0.25, 0.3) is 0 Å². The summed E-state index contributed by atoms with van der Waals surface area (Å²) in [7, 11) is 0. The van der Waals surface area contributed by atoms with Gasteiger partial charge in [-0.05, 0) is 19.1 Å². The van der Waals surface area contributed by atoms with E-state index >= 15 is 0 Å². The number of rotatable bonds is 5. The Morgan fingerprint density at radius 1 is 0.654 bits per heavy atom. The molecule has 0 aliphatic carbocycles. The Balaban J connectivity index is 1.60. The van der Waals surface area contributed by atoms with Crippen molar-refractivity contribution >= 4 is 0 Å². The molecule has 132 valence electrons. The van der Waals surface area contributed by atoms with Gasteiger partial charge in [0.15, 0.2) is 0 Å². The SMILES string of the molecule is Cc1ccc(C2[NH+](Cc3ccccc3)CC[NH+]2Cc2ccccc2)cc1. The van der Waals surface area contributed by atoms with Crippen molar-refractivity contribution in [3.8, 4) is 0 Å². The van der Waals surface area contributed by atoms with Gasteiger partial charge in [0.2, 0.25) is 6.17 Å². The zero-order chi connectivity index (χ0) is 17.8. The molecule has 0 bridgehead atoms. The van der Waals surface area contributed by atoms with Gasteiger partial charge in [0, 0.05) is 11.1 Å². The van der Waals surface area contributed by atoms with Gasteiger partial charge in [-0.15, -0.1) is 0 Å². The Hall–Kier alpha value is -2.42. The van der Waals surface area contributed by atoms with Crippen LogP contribution in [-0.4, -0.2) is 13.1 Å². The van der Waals surface area contributed by atoms with Crippen LogP contribution >= 0.6 is 0 Å². The largest absolute Gasteiger partial charge is 0.274 e. The molecule has 2 N–H and O–H groups in total. The van der Waals surface area contributed by atoms with E-state index in [0.29, 0.717) is 6.17 Å². The molecule has 1 aliphatic rings. The molecule has 3 aromatic rings. The summed E-state index contributed by atoms with van der Waals surface area (Å²) in [4.78, 5) is 3.34. The van der Waals surface area contributed by atoms with Crippen molar-refractivity contribution in [1.29, 1.82) is 0 Å². The second kappa shape index (κ2) is 7.86. The molecule has 2 nitrogen and oxygen atoms in total. The van der Waals surface area contributed by atoms with E-state index in [-0.39, 0.29) is 0 Å². The molecule has 1 aliphatic heterocycles. The fourth-order valence-corrected chi connectivity index (χ4v) is 4.23. The molecule has 1 heterocycles. The zero-order valence-electron chi connectivity index (χ0n) is 15.5. The van der Waals surface area contributed by atoms with Crippen LogP contribution in [0, 0.1) is 6.92 Å². The van der Waals surface area contributed by atoms with E-state index in [9.17, 15) is 0 Å². The standard InChI is InChI=1S/C24H26N2/c1-20-12-14-23(15-13-20)24-25(18-21-8-4-2-5-9-21)16-17-26(24)19-22-10-6-3-7-11-22/h2-15,24H,16-19H2,1H3/p+2. The number of hydrogen-bond acceptors (Lipinski definition) is 0. The molecule has 0 spiro atoms. The third-order valence-electron chi connectivity index (χ3n) is 5.54. The second-order valence-electron chi connectivity index (χ2n) is 7.48. The van der Waals surface area contributed by atoms with Gasteiger partial charge in [0.25, 0.3) is 0 Å². The Labute approximate surface area is 156 Å². The molecule has 0 saturated carbocycles. The molecule has 26 heavy (non-hydrogen) atoms. The first-order valence-electron chi connectivity index (χ1n) is 9.63. The molecule has 2 heteroatoms. The Kier molecular flexibility index (Phi) is 5.14. The van der Waals surface area contributed by atoms with E-state index in [4.69, 9.17) is 0 Å². The maximum absolute atomic E-state index is 2.33. The van der Waals surface area contributed by atoms with Crippen molar-refractivity contribution in [1.82, 2.24) is 0 Å². The smallest absolute Gasteiger partial charge is 0.241 e. The number of nitrogens with one attached hydrogen (secondary N) is 2. The van der Waals surface area contributed by atoms with Crippen LogP contribution in [0.5, 0.6) is 0 Å². The number of hydrogen-bond donors (Lipinski definition) is 2. The van der Waals surface area contributed by atoms with Crippen LogP contribution < -0.4 is 9.80 Å². The van der Waals surface area contributed by atoms with Gasteiger partial charge >= 0.3 is 0 Å². The van der Waals surface area contributed by atoms with Gasteiger partial charge in [-0.25, -0.2) is 0 Å². The zero-order valence-corrected chi connectivity index (χ0v) is 15.5. The Morgan fingerprint density at radius 3 is 1.58 bits per heavy atom. The van der Waals surface area contributed by atoms with Crippen molar-refractivity contribution in [3.63, 3.8) is 0 Å². The van der Waals surface area contributed by atoms with Crippen LogP contribution in [0.1, 0.15) is 28.4 Å². The Bertz CT molecular complexity index is 762. The monoisotopic (exact) mass is 344 g/mol. The molecule has 2 atom stereocenters. The average Bonchev–Trinajstić information content (AvgIpc) is 3.06. The lowest BCUT2D eigenvalue weighted by Gasteiger charge is -2.25. The molecule has 1 saturated heterocycles. The number of aryl methyl sites for hydroxylation is 1. The molecule has 0 amide bonds. The van der Waals surface area contributed by atoms with Crippen molar-refractivity contribution in [2.45, 2.75) is 26.2 Å². The molecule has 1 fully saturated rings. The van der Waals surface area contributed by atoms with Crippen molar-refractivity contribution in [2.75, 3.05) is 13.1 Å². The second-order valence-corrected chi connectivity index (χ2v) is 7.48. The number of quaternary nitrogens is 2. The third-order valence-corrected chi connectivity index (χ3v) is 5.54. The van der Waals surface area contributed by atoms with E-state index in [2.05, 4.69) is 91.9 Å². The predicted molar refractivity (Wildman–Crippen MR) is 106 cm³/mol. The molecule has 4 rings (SSSR count). The third kappa shape index (κ3) is 3.87. The van der Waals surface area contributed by atoms with Gasteiger partial charge < -0.3 is 0 Å². The van der Waals surface area contributed by atoms with Gasteiger partial charge in [-0.1, -0.05) is 78.4 Å². The van der Waals surface area contributed by atoms with Crippen molar-refractivity contribution < 1.29 is 9.80 Å². The normalized spacial score (nSPS) is 22.4. The van der Waals surface area contributed by atoms with E-state index < -0.39 is 0 Å². The van der Waals surface area contributed by atoms with E-state index in [1.807, 2.05) is 0 Å². The highest BCUT2D eigenvalue weighted by molar-refractivity contribution is 5.22. The molecule has 0 aromatic heterocycles. The summed E-state index contributed by atoms with van der Waals surface area (Å²) in [5.41, 5.74) is 5.66. The van der Waals surface area contributed by atoms with Crippen LogP contribution in [-0.2, 0) is 13.1 Å². The maximum atomic E-state index is 2.33. The van der Waals surface area contributed by atoms with Gasteiger partial charge in [-0.3, -0.25) is 9.80 Å². The van der Waals surface area contributed by atoms with Crippen molar-refractivity contribution in [3.05, 3.63) is 107 Å². The highest BCUT2D eigenvalue weighted by Gasteiger charge is 2.40. The first-order chi connectivity index (χ1) is 12.8. The lowest BCUT2D eigenvalue weighted by molar-refractivity contribution is -1.09. The summed E-state index contributed by atoms with van der Waals surface area (Å²) in [5, 5.41) is 0. The van der Waals surface area contributed by atoms with E-state index in [1.54, 1.807) is 9.80 Å². The average molecular weight is 345 g/mol. The quantitative estimate of drug-likeness (QED) is 0.702. The molecule has 0 radical (unpaired) electrons. The highest BCUT2D eigenvalue weighted by atomic mass is 15.4. The maximum Gasteiger partial charge on any atom is 0.241 e. The summed E-state index contributed by atoms with van der Waals surface area (Å²) < 4.78 is 0. The van der Waals surface area contributed by atoms with Gasteiger partial charge in [0.1, 0.15) is 26.2 Å². The van der Waals surface area contributed by atoms with Crippen LogP contribution in [0.4, 0.5) is 0 Å². The lowest BCUT2D eigenvalue weighted by Crippen LogP contribution is -3.22. The van der Waals surface area contributed by atoms with Crippen LogP contribution in [0.15, 0.2) is 84.9 Å². The first-order valence-corrected chi connectivity index (χ1v) is 9.63. The minimum atomic E-state index is 0.496. The fourth-order valence-electron chi connectivity index (χ4n) is 4.23. The molecular formula is C24H28N2+2. The van der Waals surface area contributed by atoms with E-state index in [1.165, 1.54) is 35.3 Å². The van der Waals surface area contributed by atoms with Gasteiger partial charge in [0.05, 0.1) is 5.56 Å². The lowest BCUT2D eigenvalue weighted by atomic mass is 10.1. The minimum absolute atomic E-state index is 0.496.